The first-order valence-electron chi connectivity index (χ1n) is 13.3. The van der Waals surface area contributed by atoms with E-state index >= 15 is 0 Å². The van der Waals surface area contributed by atoms with E-state index in [0.29, 0.717) is 29.9 Å². The fourth-order valence-corrected chi connectivity index (χ4v) is 5.82. The number of carbonyl (C=O) groups is 1. The number of fused-ring (bicyclic) bond motifs is 1. The molecule has 2 atom stereocenters. The number of anilines is 2. The Morgan fingerprint density at radius 2 is 1.86 bits per heavy atom. The Hall–Kier alpha value is -4.10. The number of amides is 1. The van der Waals surface area contributed by atoms with Crippen LogP contribution in [0.1, 0.15) is 58.3 Å². The Morgan fingerprint density at radius 3 is 2.55 bits per heavy atom. The number of aromatic nitrogens is 5. The lowest BCUT2D eigenvalue weighted by Gasteiger charge is -2.23. The van der Waals surface area contributed by atoms with E-state index in [1.165, 1.54) is 6.07 Å². The van der Waals surface area contributed by atoms with Crippen LogP contribution in [0.4, 0.5) is 11.6 Å². The number of sulfonamides is 1. The summed E-state index contributed by atoms with van der Waals surface area (Å²) in [5.41, 5.74) is 3.11. The molecule has 1 fully saturated rings. The Balaban J connectivity index is 1.52. The van der Waals surface area contributed by atoms with Gasteiger partial charge in [-0.25, -0.2) is 33.1 Å². The van der Waals surface area contributed by atoms with Gasteiger partial charge < -0.3 is 10.2 Å². The number of benzene rings is 1. The van der Waals surface area contributed by atoms with Gasteiger partial charge in [0.15, 0.2) is 5.69 Å². The first kappa shape index (κ1) is 29.4. The van der Waals surface area contributed by atoms with Gasteiger partial charge in [0.2, 0.25) is 16.0 Å². The number of hydrogen-bond acceptors (Lipinski definition) is 10. The summed E-state index contributed by atoms with van der Waals surface area (Å²) in [6, 6.07) is 6.35. The molecular weight excluding hydrogens is 580 g/mol. The standard InChI is InChI=1S/C28H31ClN8O4S/c1-15-10-20(16(2)32-22-6-7-23(29)33-25(22)26(38)35-42(5,40)41)24-21(11-15)27(39)36(4)28(34-24)37-9-8-18(14-37)19-12-30-17(3)31-13-19/h6-7,10-13,16,18,32H,8-9,14H2,1-5H3,(H,35,38)/t16-,18-/m1/s1. The minimum Gasteiger partial charge on any atom is -0.377 e. The number of halogens is 1. The molecule has 0 spiro atoms. The van der Waals surface area contributed by atoms with Crippen molar-refractivity contribution in [3.8, 4) is 0 Å². The molecule has 0 saturated carbocycles. The third-order valence-corrected chi connectivity index (χ3v) is 8.03. The molecular formula is C28H31ClN8O4S. The highest BCUT2D eigenvalue weighted by Gasteiger charge is 2.28. The minimum atomic E-state index is -3.83. The molecule has 1 aliphatic rings. The average molecular weight is 611 g/mol. The third-order valence-electron chi connectivity index (χ3n) is 7.27. The van der Waals surface area contributed by atoms with Crippen molar-refractivity contribution < 1.29 is 13.2 Å². The number of carbonyl (C=O) groups excluding carboxylic acids is 1. The van der Waals surface area contributed by atoms with Crippen molar-refractivity contribution >= 4 is 50.1 Å². The Bertz CT molecular complexity index is 1860. The third kappa shape index (κ3) is 6.07. The number of rotatable bonds is 7. The summed E-state index contributed by atoms with van der Waals surface area (Å²) in [6.45, 7) is 7.00. The van der Waals surface area contributed by atoms with Crippen LogP contribution in [0, 0.1) is 13.8 Å². The SMILES string of the molecule is Cc1cc([C@@H](C)Nc2ccc(Cl)nc2C(=O)NS(C)(=O)=O)c2nc(N3CC[C@@H](c4cnc(C)nc4)C3)n(C)c(=O)c2c1. The van der Waals surface area contributed by atoms with Crippen LogP contribution >= 0.6 is 11.6 Å². The summed E-state index contributed by atoms with van der Waals surface area (Å²) in [5, 5.41) is 3.74. The van der Waals surface area contributed by atoms with Gasteiger partial charge in [0.25, 0.3) is 11.5 Å². The second-order valence-electron chi connectivity index (χ2n) is 10.6. The second kappa shape index (κ2) is 11.3. The van der Waals surface area contributed by atoms with Crippen molar-refractivity contribution in [1.82, 2.24) is 29.2 Å². The lowest BCUT2D eigenvalue weighted by atomic mass is 10.0. The topological polar surface area (TPSA) is 152 Å². The van der Waals surface area contributed by atoms with Crippen LogP contribution in [0.2, 0.25) is 5.15 Å². The number of hydrogen-bond donors (Lipinski definition) is 2. The molecule has 0 bridgehead atoms. The fourth-order valence-electron chi connectivity index (χ4n) is 5.23. The maximum atomic E-state index is 13.6. The smallest absolute Gasteiger partial charge is 0.285 e. The molecule has 2 N–H and O–H groups in total. The van der Waals surface area contributed by atoms with E-state index in [0.717, 1.165) is 35.2 Å². The van der Waals surface area contributed by atoms with E-state index in [2.05, 4.69) is 25.2 Å². The summed E-state index contributed by atoms with van der Waals surface area (Å²) in [4.78, 5) is 46.2. The van der Waals surface area contributed by atoms with Gasteiger partial charge in [0.05, 0.1) is 28.9 Å². The van der Waals surface area contributed by atoms with Crippen molar-refractivity contribution in [2.75, 3.05) is 29.6 Å². The molecule has 3 aromatic heterocycles. The number of pyridine rings is 1. The molecule has 0 radical (unpaired) electrons. The molecule has 220 valence electrons. The molecule has 42 heavy (non-hydrogen) atoms. The van der Waals surface area contributed by atoms with Gasteiger partial charge in [-0.1, -0.05) is 17.7 Å². The molecule has 0 aliphatic carbocycles. The van der Waals surface area contributed by atoms with E-state index in [4.69, 9.17) is 16.6 Å². The van der Waals surface area contributed by atoms with E-state index < -0.39 is 22.0 Å². The number of aryl methyl sites for hydroxylation is 2. The van der Waals surface area contributed by atoms with Crippen molar-refractivity contribution in [3.05, 3.63) is 80.4 Å². The van der Waals surface area contributed by atoms with Crippen LogP contribution in [0.3, 0.4) is 0 Å². The van der Waals surface area contributed by atoms with Gasteiger partial charge in [0, 0.05) is 44.0 Å². The van der Waals surface area contributed by atoms with Gasteiger partial charge in [-0.3, -0.25) is 14.2 Å². The quantitative estimate of drug-likeness (QED) is 0.298. The van der Waals surface area contributed by atoms with Crippen LogP contribution in [-0.4, -0.2) is 58.2 Å². The van der Waals surface area contributed by atoms with Crippen molar-refractivity contribution in [2.45, 2.75) is 39.2 Å². The summed E-state index contributed by atoms with van der Waals surface area (Å²) in [6.07, 6.45) is 5.47. The zero-order chi connectivity index (χ0) is 30.3. The largest absolute Gasteiger partial charge is 0.377 e. The number of nitrogens with zero attached hydrogens (tertiary/aromatic N) is 6. The Kier molecular flexibility index (Phi) is 7.90. The minimum absolute atomic E-state index is 0.0313. The van der Waals surface area contributed by atoms with E-state index in [1.54, 1.807) is 17.7 Å². The van der Waals surface area contributed by atoms with E-state index in [1.807, 2.05) is 50.0 Å². The van der Waals surface area contributed by atoms with Gasteiger partial charge in [-0.2, -0.15) is 0 Å². The lowest BCUT2D eigenvalue weighted by Crippen LogP contribution is -2.31. The van der Waals surface area contributed by atoms with Crippen LogP contribution in [0.5, 0.6) is 0 Å². The maximum Gasteiger partial charge on any atom is 0.285 e. The van der Waals surface area contributed by atoms with Crippen LogP contribution in [0.25, 0.3) is 10.9 Å². The van der Waals surface area contributed by atoms with Gasteiger partial charge in [0.1, 0.15) is 11.0 Å². The molecule has 5 rings (SSSR count). The zero-order valence-electron chi connectivity index (χ0n) is 23.8. The summed E-state index contributed by atoms with van der Waals surface area (Å²) >= 11 is 6.03. The molecule has 4 heterocycles. The first-order valence-corrected chi connectivity index (χ1v) is 15.6. The number of nitrogens with one attached hydrogen (secondary N) is 2. The molecule has 1 aliphatic heterocycles. The molecule has 14 heteroatoms. The summed E-state index contributed by atoms with van der Waals surface area (Å²) in [7, 11) is -2.11. The molecule has 1 amide bonds. The van der Waals surface area contributed by atoms with E-state index in [9.17, 15) is 18.0 Å². The van der Waals surface area contributed by atoms with Gasteiger partial charge in [-0.05, 0) is 56.5 Å². The fraction of sp³-hybridized carbons (Fsp3) is 0.357. The molecule has 1 saturated heterocycles. The highest BCUT2D eigenvalue weighted by Crippen LogP contribution is 2.32. The molecule has 1 aromatic carbocycles. The highest BCUT2D eigenvalue weighted by atomic mass is 35.5. The highest BCUT2D eigenvalue weighted by molar-refractivity contribution is 7.89. The summed E-state index contributed by atoms with van der Waals surface area (Å²) < 4.78 is 26.9. The maximum absolute atomic E-state index is 13.6. The first-order chi connectivity index (χ1) is 19.8. The average Bonchev–Trinajstić information content (AvgIpc) is 3.41. The van der Waals surface area contributed by atoms with Gasteiger partial charge >= 0.3 is 0 Å². The van der Waals surface area contributed by atoms with Crippen LogP contribution in [-0.2, 0) is 17.1 Å². The normalized spacial score (nSPS) is 16.0. The lowest BCUT2D eigenvalue weighted by molar-refractivity contribution is 0.0977. The molecule has 0 unspecified atom stereocenters. The van der Waals surface area contributed by atoms with Crippen molar-refractivity contribution in [3.63, 3.8) is 0 Å². The molecule has 4 aromatic rings. The van der Waals surface area contributed by atoms with Gasteiger partial charge in [-0.15, -0.1) is 0 Å². The van der Waals surface area contributed by atoms with E-state index in [-0.39, 0.29) is 28.0 Å². The van der Waals surface area contributed by atoms with Crippen molar-refractivity contribution in [1.29, 1.82) is 0 Å². The summed E-state index contributed by atoms with van der Waals surface area (Å²) in [5.74, 6) is 0.572. The van der Waals surface area contributed by atoms with Crippen LogP contribution < -0.4 is 20.5 Å². The van der Waals surface area contributed by atoms with Crippen LogP contribution in [0.15, 0.2) is 41.5 Å². The second-order valence-corrected chi connectivity index (χ2v) is 12.8. The predicted molar refractivity (Wildman–Crippen MR) is 162 cm³/mol. The Morgan fingerprint density at radius 1 is 1.14 bits per heavy atom. The predicted octanol–water partition coefficient (Wildman–Crippen LogP) is 3.25. The monoisotopic (exact) mass is 610 g/mol. The zero-order valence-corrected chi connectivity index (χ0v) is 25.4. The molecule has 12 nitrogen and oxygen atoms in total. The van der Waals surface area contributed by atoms with Crippen molar-refractivity contribution in [2.24, 2.45) is 7.05 Å². The Labute approximate surface area is 248 Å².